The van der Waals surface area contributed by atoms with E-state index < -0.39 is 28.9 Å². The molecule has 1 fully saturated rings. The number of aromatic nitrogens is 4. The van der Waals surface area contributed by atoms with Crippen LogP contribution in [-0.2, 0) is 32.6 Å². The molecule has 2 aromatic rings. The number of nitrogens with zero attached hydrogens (tertiary/aromatic N) is 5. The lowest BCUT2D eigenvalue weighted by Crippen LogP contribution is -2.80. The van der Waals surface area contributed by atoms with Gasteiger partial charge in [0.2, 0.25) is 11.1 Å². The van der Waals surface area contributed by atoms with Gasteiger partial charge in [-0.2, -0.15) is 0 Å². The Hall–Kier alpha value is -3.10. The van der Waals surface area contributed by atoms with Crippen LogP contribution in [0.2, 0.25) is 0 Å². The van der Waals surface area contributed by atoms with Gasteiger partial charge in [0.1, 0.15) is 16.8 Å². The summed E-state index contributed by atoms with van der Waals surface area (Å²) in [7, 11) is 2.97. The number of carboxylic acid groups (broad SMARTS) is 1. The number of carbonyl (C=O) groups is 3. The molecule has 14 heteroatoms. The maximum absolute atomic E-state index is 13.1. The van der Waals surface area contributed by atoms with Crippen molar-refractivity contribution in [2.24, 2.45) is 7.05 Å². The Morgan fingerprint density at radius 3 is 2.70 bits per heavy atom. The van der Waals surface area contributed by atoms with Crippen molar-refractivity contribution < 1.29 is 29.3 Å². The Labute approximate surface area is 196 Å². The number of fused-ring (bicyclic) bond motifs is 1. The van der Waals surface area contributed by atoms with Crippen LogP contribution < -0.4 is 5.32 Å². The van der Waals surface area contributed by atoms with Crippen LogP contribution in [0.5, 0.6) is 5.75 Å². The number of thioether (sulfide) groups is 2. The fraction of sp³-hybridized carbons (Fsp3) is 0.368. The van der Waals surface area contributed by atoms with Gasteiger partial charge in [-0.1, -0.05) is 23.9 Å². The molecule has 0 spiro atoms. The van der Waals surface area contributed by atoms with E-state index in [4.69, 9.17) is 4.74 Å². The van der Waals surface area contributed by atoms with Gasteiger partial charge in [-0.25, -0.2) is 9.48 Å². The molecule has 2 amide bonds. The topological polar surface area (TPSA) is 160 Å². The first kappa shape index (κ1) is 23.1. The quantitative estimate of drug-likeness (QED) is 0.258. The molecule has 1 aromatic heterocycles. The van der Waals surface area contributed by atoms with E-state index in [1.807, 2.05) is 0 Å². The van der Waals surface area contributed by atoms with Crippen molar-refractivity contribution in [2.75, 3.05) is 18.6 Å². The van der Waals surface area contributed by atoms with E-state index in [1.54, 1.807) is 19.2 Å². The summed E-state index contributed by atoms with van der Waals surface area (Å²) in [5.74, 6) is -1.66. The lowest BCUT2D eigenvalue weighted by Gasteiger charge is -2.55. The number of hydrogen-bond acceptors (Lipinski definition) is 10. The number of hydrogen-bond donors (Lipinski definition) is 3. The van der Waals surface area contributed by atoms with Crippen molar-refractivity contribution >= 4 is 41.3 Å². The van der Waals surface area contributed by atoms with E-state index in [-0.39, 0.29) is 23.6 Å². The maximum Gasteiger partial charge on any atom is 0.352 e. The third kappa shape index (κ3) is 4.16. The zero-order chi connectivity index (χ0) is 23.8. The standard InChI is InChI=1S/C19H20N6O6S2/c1-24-18(21-22-23-24)33-9-11-8-32-17-19(31-2,16(30)25(17)14(11)15(28)29)20-13(27)7-10-3-5-12(26)6-4-10/h3-6,17,26H,7-9H2,1-2H3,(H,20,27)(H,28,29)/t17?,19-/m0/s1. The molecule has 3 N–H and O–H groups in total. The van der Waals surface area contributed by atoms with Crippen LogP contribution in [0.1, 0.15) is 5.56 Å². The molecule has 3 heterocycles. The minimum absolute atomic E-state index is 0.0364. The number of ether oxygens (including phenoxy) is 1. The Balaban J connectivity index is 1.51. The van der Waals surface area contributed by atoms with Gasteiger partial charge in [0.05, 0.1) is 6.42 Å². The van der Waals surface area contributed by atoms with Gasteiger partial charge in [-0.15, -0.1) is 16.9 Å². The number of carboxylic acids is 1. The second-order valence-corrected chi connectivity index (χ2v) is 9.31. The van der Waals surface area contributed by atoms with Crippen LogP contribution in [-0.4, -0.2) is 82.8 Å². The highest BCUT2D eigenvalue weighted by Gasteiger charge is 2.66. The van der Waals surface area contributed by atoms with Gasteiger partial charge < -0.3 is 20.3 Å². The summed E-state index contributed by atoms with van der Waals surface area (Å²) in [5, 5.41) is 32.8. The highest BCUT2D eigenvalue weighted by atomic mass is 32.2. The molecule has 0 saturated carbocycles. The zero-order valence-electron chi connectivity index (χ0n) is 17.6. The van der Waals surface area contributed by atoms with E-state index in [0.717, 1.165) is 4.90 Å². The van der Waals surface area contributed by atoms with Crippen molar-refractivity contribution in [1.82, 2.24) is 30.4 Å². The maximum atomic E-state index is 13.1. The molecule has 2 aliphatic rings. The molecule has 0 radical (unpaired) electrons. The molecule has 33 heavy (non-hydrogen) atoms. The Kier molecular flexibility index (Phi) is 6.32. The van der Waals surface area contributed by atoms with E-state index in [2.05, 4.69) is 20.8 Å². The van der Waals surface area contributed by atoms with Crippen molar-refractivity contribution in [3.8, 4) is 5.75 Å². The number of β-lactam (4-membered cyclic amide) rings is 1. The first-order valence-corrected chi connectivity index (χ1v) is 11.7. The minimum atomic E-state index is -1.66. The van der Waals surface area contributed by atoms with Gasteiger partial charge >= 0.3 is 5.97 Å². The number of phenolic OH excluding ortho intramolecular Hbond substituents is 1. The van der Waals surface area contributed by atoms with Crippen LogP contribution in [0.25, 0.3) is 0 Å². The lowest BCUT2D eigenvalue weighted by molar-refractivity contribution is -0.192. The third-order valence-corrected chi connectivity index (χ3v) is 7.69. The Bertz CT molecular complexity index is 1140. The number of benzene rings is 1. The summed E-state index contributed by atoms with van der Waals surface area (Å²) in [6.45, 7) is 0. The smallest absolute Gasteiger partial charge is 0.352 e. The number of rotatable bonds is 8. The summed E-state index contributed by atoms with van der Waals surface area (Å²) >= 11 is 2.57. The first-order valence-electron chi connectivity index (χ1n) is 9.66. The number of aryl methyl sites for hydroxylation is 1. The summed E-state index contributed by atoms with van der Waals surface area (Å²) in [6, 6.07) is 6.12. The van der Waals surface area contributed by atoms with E-state index in [9.17, 15) is 24.6 Å². The largest absolute Gasteiger partial charge is 0.508 e. The number of aromatic hydroxyl groups is 1. The van der Waals surface area contributed by atoms with Crippen molar-refractivity contribution in [1.29, 1.82) is 0 Å². The predicted molar refractivity (Wildman–Crippen MR) is 117 cm³/mol. The van der Waals surface area contributed by atoms with Gasteiger partial charge in [0.25, 0.3) is 11.6 Å². The SMILES string of the molecule is CO[C@@]1(NC(=O)Cc2ccc(O)cc2)C(=O)N2C(C(=O)O)=C(CSc3nnnn3C)CSC21. The lowest BCUT2D eigenvalue weighted by atomic mass is 9.98. The molecule has 0 bridgehead atoms. The van der Waals surface area contributed by atoms with Gasteiger partial charge in [-0.05, 0) is 33.7 Å². The van der Waals surface area contributed by atoms with Crippen LogP contribution in [0.15, 0.2) is 40.7 Å². The summed E-state index contributed by atoms with van der Waals surface area (Å²) < 4.78 is 6.92. The highest BCUT2D eigenvalue weighted by Crippen LogP contribution is 2.47. The number of nitrogens with one attached hydrogen (secondary N) is 1. The average molecular weight is 493 g/mol. The number of aliphatic carboxylic acids is 1. The molecule has 0 aliphatic carbocycles. The molecule has 1 unspecified atom stereocenters. The summed E-state index contributed by atoms with van der Waals surface area (Å²) in [4.78, 5) is 39.0. The number of tetrazole rings is 1. The highest BCUT2D eigenvalue weighted by molar-refractivity contribution is 8.01. The molecular formula is C19H20N6O6S2. The first-order chi connectivity index (χ1) is 15.8. The second-order valence-electron chi connectivity index (χ2n) is 7.30. The number of carbonyl (C=O) groups excluding carboxylic acids is 2. The summed E-state index contributed by atoms with van der Waals surface area (Å²) in [6.07, 6.45) is -0.0364. The van der Waals surface area contributed by atoms with E-state index in [0.29, 0.717) is 22.0 Å². The second kappa shape index (κ2) is 9.03. The van der Waals surface area contributed by atoms with E-state index in [1.165, 1.54) is 47.4 Å². The predicted octanol–water partition coefficient (Wildman–Crippen LogP) is -0.0368. The molecule has 1 saturated heterocycles. The molecule has 4 rings (SSSR count). The molecule has 2 atom stereocenters. The van der Waals surface area contributed by atoms with Crippen LogP contribution in [0.3, 0.4) is 0 Å². The molecule has 12 nitrogen and oxygen atoms in total. The number of methoxy groups -OCH3 is 1. The van der Waals surface area contributed by atoms with Gasteiger partial charge in [-0.3, -0.25) is 14.5 Å². The molecule has 2 aliphatic heterocycles. The Morgan fingerprint density at radius 2 is 2.09 bits per heavy atom. The van der Waals surface area contributed by atoms with Crippen molar-refractivity contribution in [2.45, 2.75) is 22.7 Å². The third-order valence-electron chi connectivity index (χ3n) is 5.22. The van der Waals surface area contributed by atoms with Crippen molar-refractivity contribution in [3.05, 3.63) is 41.1 Å². The monoisotopic (exact) mass is 492 g/mol. The Morgan fingerprint density at radius 1 is 1.36 bits per heavy atom. The van der Waals surface area contributed by atoms with Crippen LogP contribution in [0.4, 0.5) is 0 Å². The zero-order valence-corrected chi connectivity index (χ0v) is 19.2. The van der Waals surface area contributed by atoms with Gasteiger partial charge in [0, 0.05) is 25.7 Å². The minimum Gasteiger partial charge on any atom is -0.508 e. The van der Waals surface area contributed by atoms with E-state index >= 15 is 0 Å². The molecule has 1 aromatic carbocycles. The fourth-order valence-electron chi connectivity index (χ4n) is 3.60. The summed E-state index contributed by atoms with van der Waals surface area (Å²) in [5.41, 5.74) is -0.594. The van der Waals surface area contributed by atoms with Gasteiger partial charge in [0.15, 0.2) is 0 Å². The fourth-order valence-corrected chi connectivity index (χ4v) is 6.03. The average Bonchev–Trinajstić information content (AvgIpc) is 3.21. The number of amides is 2. The molecular weight excluding hydrogens is 472 g/mol. The van der Waals surface area contributed by atoms with Crippen LogP contribution >= 0.6 is 23.5 Å². The normalized spacial score (nSPS) is 22.1. The molecule has 174 valence electrons. The van der Waals surface area contributed by atoms with Crippen LogP contribution in [0, 0.1) is 0 Å². The number of phenols is 1. The van der Waals surface area contributed by atoms with Crippen molar-refractivity contribution in [3.63, 3.8) is 0 Å².